The molecule has 1 heterocycles. The second-order valence-corrected chi connectivity index (χ2v) is 8.17. The third-order valence-electron chi connectivity index (χ3n) is 5.92. The number of carbonyl (C=O) groups excluding carboxylic acids is 1. The predicted molar refractivity (Wildman–Crippen MR) is 104 cm³/mol. The smallest absolute Gasteiger partial charge is 0.230 e. The van der Waals surface area contributed by atoms with Gasteiger partial charge >= 0.3 is 0 Å². The monoisotopic (exact) mass is 340 g/mol. The Morgan fingerprint density at radius 2 is 2.00 bits per heavy atom. The Bertz CT molecular complexity index is 639. The van der Waals surface area contributed by atoms with Gasteiger partial charge in [-0.1, -0.05) is 35.9 Å². The fraction of sp³-hybridized carbons (Fsp3) is 0.591. The van der Waals surface area contributed by atoms with Crippen LogP contribution in [0.2, 0.25) is 0 Å². The molecule has 1 atom stereocenters. The highest BCUT2D eigenvalue weighted by atomic mass is 16.2. The Morgan fingerprint density at radius 3 is 2.72 bits per heavy atom. The lowest BCUT2D eigenvalue weighted by Crippen LogP contribution is -2.51. The normalized spacial score (nSPS) is 24.4. The molecule has 0 radical (unpaired) electrons. The van der Waals surface area contributed by atoms with Crippen LogP contribution in [0.3, 0.4) is 0 Å². The van der Waals surface area contributed by atoms with E-state index in [4.69, 9.17) is 0 Å². The van der Waals surface area contributed by atoms with Gasteiger partial charge in [-0.3, -0.25) is 9.69 Å². The summed E-state index contributed by atoms with van der Waals surface area (Å²) in [5.41, 5.74) is 3.59. The molecule has 0 saturated carbocycles. The average molecular weight is 341 g/mol. The Kier molecular flexibility index (Phi) is 5.63. The molecule has 1 aliphatic carbocycles. The van der Waals surface area contributed by atoms with Gasteiger partial charge < -0.3 is 5.32 Å². The molecular weight excluding hydrogens is 308 g/mol. The first kappa shape index (κ1) is 18.2. The van der Waals surface area contributed by atoms with E-state index in [9.17, 15) is 4.79 Å². The molecule has 2 aliphatic rings. The zero-order chi connectivity index (χ0) is 17.9. The van der Waals surface area contributed by atoms with Gasteiger partial charge in [0.15, 0.2) is 0 Å². The maximum atomic E-state index is 13.1. The Hall–Kier alpha value is -1.61. The number of fused-ring (bicyclic) bond motifs is 1. The lowest BCUT2D eigenvalue weighted by molar-refractivity contribution is -0.127. The number of piperidine rings is 1. The van der Waals surface area contributed by atoms with Crippen molar-refractivity contribution >= 4 is 5.91 Å². The number of nitrogens with one attached hydrogen (secondary N) is 1. The molecule has 1 saturated heterocycles. The number of nitrogens with zero attached hydrogens (tertiary/aromatic N) is 1. The summed E-state index contributed by atoms with van der Waals surface area (Å²) in [6.07, 6.45) is 7.55. The molecule has 1 amide bonds. The summed E-state index contributed by atoms with van der Waals surface area (Å²) >= 11 is 0. The number of carbonyl (C=O) groups is 1. The first-order valence-electron chi connectivity index (χ1n) is 9.74. The molecule has 3 rings (SSSR count). The number of likely N-dealkylation sites (tertiary alicyclic amines) is 1. The largest absolute Gasteiger partial charge is 0.353 e. The van der Waals surface area contributed by atoms with Crippen LogP contribution < -0.4 is 5.32 Å². The molecule has 1 N–H and O–H groups in total. The lowest BCUT2D eigenvalue weighted by atomic mass is 9.70. The van der Waals surface area contributed by atoms with Crippen LogP contribution in [-0.4, -0.2) is 36.5 Å². The molecule has 1 aromatic carbocycles. The van der Waals surface area contributed by atoms with Gasteiger partial charge in [-0.15, -0.1) is 0 Å². The molecule has 136 valence electrons. The lowest BCUT2D eigenvalue weighted by Gasteiger charge is -2.38. The summed E-state index contributed by atoms with van der Waals surface area (Å²) in [7, 11) is 0. The third kappa shape index (κ3) is 4.14. The maximum absolute atomic E-state index is 13.1. The highest BCUT2D eigenvalue weighted by Crippen LogP contribution is 2.37. The van der Waals surface area contributed by atoms with Crippen molar-refractivity contribution in [3.8, 4) is 0 Å². The number of hydrogen-bond acceptors (Lipinski definition) is 2. The molecule has 25 heavy (non-hydrogen) atoms. The van der Waals surface area contributed by atoms with Crippen LogP contribution in [-0.2, 0) is 16.6 Å². The van der Waals surface area contributed by atoms with Crippen molar-refractivity contribution in [2.75, 3.05) is 19.6 Å². The van der Waals surface area contributed by atoms with Crippen molar-refractivity contribution in [1.82, 2.24) is 10.2 Å². The van der Waals surface area contributed by atoms with Gasteiger partial charge in [0.2, 0.25) is 5.91 Å². The number of allylic oxidation sites excluding steroid dienone is 1. The van der Waals surface area contributed by atoms with Crippen molar-refractivity contribution in [3.05, 3.63) is 47.0 Å². The van der Waals surface area contributed by atoms with Crippen LogP contribution in [0, 0.1) is 0 Å². The highest BCUT2D eigenvalue weighted by Gasteiger charge is 2.39. The number of benzene rings is 1. The quantitative estimate of drug-likeness (QED) is 0.845. The Labute approximate surface area is 152 Å². The number of aryl methyl sites for hydroxylation is 1. The topological polar surface area (TPSA) is 32.3 Å². The minimum atomic E-state index is -0.367. The average Bonchev–Trinajstić information content (AvgIpc) is 2.61. The van der Waals surface area contributed by atoms with E-state index >= 15 is 0 Å². The molecule has 0 aromatic heterocycles. The van der Waals surface area contributed by atoms with E-state index in [2.05, 4.69) is 61.3 Å². The van der Waals surface area contributed by atoms with E-state index in [-0.39, 0.29) is 11.3 Å². The SMILES string of the molecule is CC(C)=CCN1CCC(NC(=O)[C@@]2(C)CCCc3ccccc32)CC1. The van der Waals surface area contributed by atoms with E-state index in [0.29, 0.717) is 6.04 Å². The number of amides is 1. The van der Waals surface area contributed by atoms with Crippen LogP contribution in [0.15, 0.2) is 35.9 Å². The summed E-state index contributed by atoms with van der Waals surface area (Å²) in [5, 5.41) is 3.37. The van der Waals surface area contributed by atoms with Gasteiger partial charge in [0.1, 0.15) is 0 Å². The number of hydrogen-bond donors (Lipinski definition) is 1. The van der Waals surface area contributed by atoms with Crippen LogP contribution in [0.5, 0.6) is 0 Å². The van der Waals surface area contributed by atoms with E-state index in [1.54, 1.807) is 0 Å². The zero-order valence-electron chi connectivity index (χ0n) is 16.0. The van der Waals surface area contributed by atoms with Gasteiger partial charge in [-0.05, 0) is 64.0 Å². The molecule has 0 spiro atoms. The van der Waals surface area contributed by atoms with Gasteiger partial charge in [0, 0.05) is 25.7 Å². The van der Waals surface area contributed by atoms with Crippen molar-refractivity contribution < 1.29 is 4.79 Å². The van der Waals surface area contributed by atoms with Crippen LogP contribution in [0.1, 0.15) is 57.6 Å². The first-order chi connectivity index (χ1) is 12.0. The van der Waals surface area contributed by atoms with Crippen LogP contribution in [0.25, 0.3) is 0 Å². The van der Waals surface area contributed by atoms with Gasteiger partial charge in [-0.25, -0.2) is 0 Å². The fourth-order valence-electron chi connectivity index (χ4n) is 4.20. The van der Waals surface area contributed by atoms with E-state index in [1.165, 1.54) is 16.7 Å². The molecule has 1 aliphatic heterocycles. The van der Waals surface area contributed by atoms with Crippen molar-refractivity contribution in [1.29, 1.82) is 0 Å². The number of rotatable bonds is 4. The summed E-state index contributed by atoms with van der Waals surface area (Å²) in [5.74, 6) is 0.224. The van der Waals surface area contributed by atoms with Crippen molar-refractivity contribution in [2.45, 2.75) is 64.3 Å². The summed E-state index contributed by atoms with van der Waals surface area (Å²) in [6.45, 7) is 9.60. The molecule has 1 fully saturated rings. The molecule has 0 unspecified atom stereocenters. The third-order valence-corrected chi connectivity index (χ3v) is 5.92. The van der Waals surface area contributed by atoms with Gasteiger partial charge in [0.25, 0.3) is 0 Å². The Morgan fingerprint density at radius 1 is 1.28 bits per heavy atom. The van der Waals surface area contributed by atoms with E-state index in [1.807, 2.05) is 0 Å². The van der Waals surface area contributed by atoms with E-state index in [0.717, 1.165) is 51.7 Å². The summed E-state index contributed by atoms with van der Waals surface area (Å²) in [6, 6.07) is 8.81. The maximum Gasteiger partial charge on any atom is 0.230 e. The summed E-state index contributed by atoms with van der Waals surface area (Å²) in [4.78, 5) is 15.6. The first-order valence-corrected chi connectivity index (χ1v) is 9.74. The highest BCUT2D eigenvalue weighted by molar-refractivity contribution is 5.88. The minimum absolute atomic E-state index is 0.224. The van der Waals surface area contributed by atoms with Gasteiger partial charge in [-0.2, -0.15) is 0 Å². The van der Waals surface area contributed by atoms with Crippen LogP contribution in [0.4, 0.5) is 0 Å². The second-order valence-electron chi connectivity index (χ2n) is 8.17. The summed E-state index contributed by atoms with van der Waals surface area (Å²) < 4.78 is 0. The molecule has 1 aromatic rings. The molecule has 0 bridgehead atoms. The van der Waals surface area contributed by atoms with Crippen molar-refractivity contribution in [2.24, 2.45) is 0 Å². The van der Waals surface area contributed by atoms with Crippen molar-refractivity contribution in [3.63, 3.8) is 0 Å². The minimum Gasteiger partial charge on any atom is -0.353 e. The standard InChI is InChI=1S/C22H32N2O/c1-17(2)10-14-24-15-11-19(12-16-24)23-21(25)22(3)13-6-8-18-7-4-5-9-20(18)22/h4-5,7,9-10,19H,6,8,11-16H2,1-3H3,(H,23,25)/t22-/m0/s1. The van der Waals surface area contributed by atoms with E-state index < -0.39 is 0 Å². The molecule has 3 nitrogen and oxygen atoms in total. The molecular formula is C22H32N2O. The zero-order valence-corrected chi connectivity index (χ0v) is 16.0. The second kappa shape index (κ2) is 7.74. The molecule has 3 heteroatoms. The van der Waals surface area contributed by atoms with Crippen LogP contribution >= 0.6 is 0 Å². The predicted octanol–water partition coefficient (Wildman–Crippen LogP) is 3.83. The Balaban J connectivity index is 1.59. The van der Waals surface area contributed by atoms with Gasteiger partial charge in [0.05, 0.1) is 5.41 Å². The fourth-order valence-corrected chi connectivity index (χ4v) is 4.20.